The number of aromatic nitrogens is 4. The SMILES string of the molecule is CSc1nc2nc(C)c(CCC(=O)OCC(=O)c3cccc(F)c3)c(C)n2n1. The van der Waals surface area contributed by atoms with Crippen molar-refractivity contribution in [2.24, 2.45) is 0 Å². The molecule has 0 amide bonds. The molecule has 3 rings (SSSR count). The normalized spacial score (nSPS) is 11.0. The van der Waals surface area contributed by atoms with Crippen LogP contribution in [0.3, 0.4) is 0 Å². The molecule has 0 aliphatic rings. The van der Waals surface area contributed by atoms with Crippen molar-refractivity contribution < 1.29 is 18.7 Å². The van der Waals surface area contributed by atoms with Gasteiger partial charge in [-0.2, -0.15) is 4.98 Å². The number of ether oxygens (including phenoxy) is 1. The lowest BCUT2D eigenvalue weighted by molar-refractivity contribution is -0.142. The van der Waals surface area contributed by atoms with E-state index in [0.717, 1.165) is 23.0 Å². The van der Waals surface area contributed by atoms with Crippen LogP contribution in [0.2, 0.25) is 0 Å². The van der Waals surface area contributed by atoms with Crippen molar-refractivity contribution >= 4 is 29.3 Å². The first kappa shape index (κ1) is 19.9. The van der Waals surface area contributed by atoms with E-state index in [0.29, 0.717) is 17.4 Å². The predicted molar refractivity (Wildman–Crippen MR) is 102 cm³/mol. The topological polar surface area (TPSA) is 86.5 Å². The molecule has 1 aromatic carbocycles. The number of nitrogens with zero attached hydrogens (tertiary/aromatic N) is 4. The van der Waals surface area contributed by atoms with E-state index in [2.05, 4.69) is 15.1 Å². The number of halogens is 1. The fourth-order valence-corrected chi connectivity index (χ4v) is 3.17. The number of thioether (sulfide) groups is 1. The molecule has 0 saturated carbocycles. The predicted octanol–water partition coefficient (Wildman–Crippen LogP) is 2.96. The highest BCUT2D eigenvalue weighted by Crippen LogP contribution is 2.18. The average Bonchev–Trinajstić information content (AvgIpc) is 3.09. The summed E-state index contributed by atoms with van der Waals surface area (Å²) in [5, 5.41) is 5.00. The van der Waals surface area contributed by atoms with Crippen molar-refractivity contribution in [2.45, 2.75) is 31.8 Å². The van der Waals surface area contributed by atoms with Crippen LogP contribution < -0.4 is 0 Å². The van der Waals surface area contributed by atoms with E-state index in [-0.39, 0.29) is 12.0 Å². The molecule has 28 heavy (non-hydrogen) atoms. The summed E-state index contributed by atoms with van der Waals surface area (Å²) in [6.45, 7) is 3.33. The summed E-state index contributed by atoms with van der Waals surface area (Å²) in [4.78, 5) is 32.8. The Bertz CT molecular complexity index is 1050. The minimum Gasteiger partial charge on any atom is -0.457 e. The minimum absolute atomic E-state index is 0.0926. The van der Waals surface area contributed by atoms with Crippen molar-refractivity contribution in [1.29, 1.82) is 0 Å². The average molecular weight is 402 g/mol. The molecule has 7 nitrogen and oxygen atoms in total. The van der Waals surface area contributed by atoms with Crippen LogP contribution >= 0.6 is 11.8 Å². The molecule has 0 unspecified atom stereocenters. The lowest BCUT2D eigenvalue weighted by Gasteiger charge is -2.10. The van der Waals surface area contributed by atoms with Gasteiger partial charge in [0.05, 0.1) is 0 Å². The summed E-state index contributed by atoms with van der Waals surface area (Å²) >= 11 is 1.43. The molecule has 0 atom stereocenters. The van der Waals surface area contributed by atoms with Gasteiger partial charge in [0.1, 0.15) is 5.82 Å². The summed E-state index contributed by atoms with van der Waals surface area (Å²) in [5.74, 6) is -0.947. The lowest BCUT2D eigenvalue weighted by atomic mass is 10.1. The van der Waals surface area contributed by atoms with E-state index < -0.39 is 24.2 Å². The summed E-state index contributed by atoms with van der Waals surface area (Å²) in [6.07, 6.45) is 2.39. The third-order valence-electron chi connectivity index (χ3n) is 4.30. The summed E-state index contributed by atoms with van der Waals surface area (Å²) in [5.41, 5.74) is 2.69. The zero-order valence-electron chi connectivity index (χ0n) is 15.7. The van der Waals surface area contributed by atoms with E-state index in [4.69, 9.17) is 4.74 Å². The highest BCUT2D eigenvalue weighted by Gasteiger charge is 2.16. The number of hydrogen-bond donors (Lipinski definition) is 0. The fraction of sp³-hybridized carbons (Fsp3) is 0.316. The van der Waals surface area contributed by atoms with Crippen LogP contribution in [-0.2, 0) is 16.0 Å². The van der Waals surface area contributed by atoms with Crippen molar-refractivity contribution in [3.63, 3.8) is 0 Å². The largest absolute Gasteiger partial charge is 0.457 e. The van der Waals surface area contributed by atoms with E-state index in [9.17, 15) is 14.0 Å². The summed E-state index contributed by atoms with van der Waals surface area (Å²) in [7, 11) is 0. The Labute approximate surface area is 165 Å². The molecule has 0 radical (unpaired) electrons. The third-order valence-corrected chi connectivity index (χ3v) is 4.84. The van der Waals surface area contributed by atoms with Crippen LogP contribution in [0.25, 0.3) is 5.78 Å². The van der Waals surface area contributed by atoms with Crippen LogP contribution in [-0.4, -0.2) is 44.2 Å². The van der Waals surface area contributed by atoms with Gasteiger partial charge in [-0.05, 0) is 44.2 Å². The number of hydrogen-bond acceptors (Lipinski definition) is 7. The van der Waals surface area contributed by atoms with Crippen LogP contribution in [0.4, 0.5) is 4.39 Å². The Morgan fingerprint density at radius 1 is 1.25 bits per heavy atom. The van der Waals surface area contributed by atoms with Gasteiger partial charge in [0.15, 0.2) is 12.4 Å². The first-order chi connectivity index (χ1) is 13.4. The molecule has 2 aromatic heterocycles. The summed E-state index contributed by atoms with van der Waals surface area (Å²) < 4.78 is 19.9. The molecule has 0 aliphatic heterocycles. The number of carbonyl (C=O) groups excluding carboxylic acids is 2. The molecule has 0 fully saturated rings. The molecular formula is C19H19FN4O3S. The zero-order chi connectivity index (χ0) is 20.3. The maximum absolute atomic E-state index is 13.2. The Morgan fingerprint density at radius 3 is 2.75 bits per heavy atom. The minimum atomic E-state index is -0.510. The fourth-order valence-electron chi connectivity index (χ4n) is 2.83. The highest BCUT2D eigenvalue weighted by atomic mass is 32.2. The van der Waals surface area contributed by atoms with Gasteiger partial charge in [0, 0.05) is 23.4 Å². The molecule has 2 heterocycles. The van der Waals surface area contributed by atoms with E-state index in [1.54, 1.807) is 4.52 Å². The first-order valence-corrected chi connectivity index (χ1v) is 9.82. The highest BCUT2D eigenvalue weighted by molar-refractivity contribution is 7.98. The Hall–Kier alpha value is -2.81. The van der Waals surface area contributed by atoms with Gasteiger partial charge < -0.3 is 4.74 Å². The van der Waals surface area contributed by atoms with Gasteiger partial charge in [-0.25, -0.2) is 13.9 Å². The number of fused-ring (bicyclic) bond motifs is 1. The lowest BCUT2D eigenvalue weighted by Crippen LogP contribution is -2.15. The molecule has 0 N–H and O–H groups in total. The number of esters is 1. The van der Waals surface area contributed by atoms with Crippen LogP contribution in [0.15, 0.2) is 29.4 Å². The van der Waals surface area contributed by atoms with Gasteiger partial charge in [0.2, 0.25) is 5.16 Å². The number of ketones is 1. The molecule has 9 heteroatoms. The van der Waals surface area contributed by atoms with E-state index >= 15 is 0 Å². The first-order valence-electron chi connectivity index (χ1n) is 8.60. The second-order valence-electron chi connectivity index (χ2n) is 6.17. The number of rotatable bonds is 7. The van der Waals surface area contributed by atoms with Gasteiger partial charge in [-0.1, -0.05) is 23.9 Å². The standard InChI is InChI=1S/C19H19FN4O3S/c1-11-15(12(2)24-18(21-11)22-19(23-24)28-3)7-8-17(26)27-10-16(25)13-5-4-6-14(20)9-13/h4-6,9H,7-8,10H2,1-3H3. The quantitative estimate of drug-likeness (QED) is 0.341. The number of aryl methyl sites for hydroxylation is 2. The number of benzene rings is 1. The third kappa shape index (κ3) is 4.36. The van der Waals surface area contributed by atoms with Crippen molar-refractivity contribution in [3.05, 3.63) is 52.6 Å². The zero-order valence-corrected chi connectivity index (χ0v) is 16.5. The van der Waals surface area contributed by atoms with Crippen LogP contribution in [0, 0.1) is 19.7 Å². The van der Waals surface area contributed by atoms with E-state index in [1.165, 1.54) is 30.0 Å². The Balaban J connectivity index is 1.62. The molecule has 0 saturated heterocycles. The molecule has 0 aliphatic carbocycles. The van der Waals surface area contributed by atoms with Gasteiger partial charge in [-0.15, -0.1) is 5.10 Å². The molecule has 0 spiro atoms. The van der Waals surface area contributed by atoms with Crippen molar-refractivity contribution in [1.82, 2.24) is 19.6 Å². The molecule has 0 bridgehead atoms. The van der Waals surface area contributed by atoms with Gasteiger partial charge in [-0.3, -0.25) is 9.59 Å². The van der Waals surface area contributed by atoms with Gasteiger partial charge >= 0.3 is 5.97 Å². The monoisotopic (exact) mass is 402 g/mol. The second kappa shape index (κ2) is 8.47. The smallest absolute Gasteiger partial charge is 0.306 e. The maximum atomic E-state index is 13.2. The molecule has 3 aromatic rings. The Morgan fingerprint density at radius 2 is 2.04 bits per heavy atom. The summed E-state index contributed by atoms with van der Waals surface area (Å²) in [6, 6.07) is 5.28. The maximum Gasteiger partial charge on any atom is 0.306 e. The Kier molecular flexibility index (Phi) is 6.03. The number of carbonyl (C=O) groups is 2. The van der Waals surface area contributed by atoms with Crippen LogP contribution in [0.1, 0.15) is 33.7 Å². The molecular weight excluding hydrogens is 383 g/mol. The second-order valence-corrected chi connectivity index (χ2v) is 6.94. The molecule has 146 valence electrons. The van der Waals surface area contributed by atoms with E-state index in [1.807, 2.05) is 20.1 Å². The number of Topliss-reactive ketones (excluding diaryl/α,β-unsaturated/α-hetero) is 1. The van der Waals surface area contributed by atoms with Crippen molar-refractivity contribution in [3.8, 4) is 0 Å². The van der Waals surface area contributed by atoms with Crippen molar-refractivity contribution in [2.75, 3.05) is 12.9 Å². The van der Waals surface area contributed by atoms with Gasteiger partial charge in [0.25, 0.3) is 5.78 Å². The van der Waals surface area contributed by atoms with Crippen LogP contribution in [0.5, 0.6) is 0 Å².